The summed E-state index contributed by atoms with van der Waals surface area (Å²) >= 11 is 7.45. The van der Waals surface area contributed by atoms with Crippen LogP contribution in [0.1, 0.15) is 12.5 Å². The van der Waals surface area contributed by atoms with Crippen molar-refractivity contribution in [3.8, 4) is 0 Å². The van der Waals surface area contributed by atoms with E-state index >= 15 is 0 Å². The zero-order valence-corrected chi connectivity index (χ0v) is 14.5. The third-order valence-corrected chi connectivity index (χ3v) is 4.35. The van der Waals surface area contributed by atoms with Crippen molar-refractivity contribution in [1.82, 2.24) is 5.43 Å². The number of amides is 1. The largest absolute Gasteiger partial charge is 0.326 e. The number of nitrogens with one attached hydrogen (secondary N) is 2. The number of hydrogen-bond acceptors (Lipinski definition) is 4. The van der Waals surface area contributed by atoms with Gasteiger partial charge in [0, 0.05) is 23.4 Å². The number of thioether (sulfide) groups is 1. The Labute approximate surface area is 149 Å². The molecule has 5 nitrogen and oxygen atoms in total. The number of amidine groups is 1. The maximum atomic E-state index is 11.0. The molecule has 0 unspecified atom stereocenters. The van der Waals surface area contributed by atoms with Crippen LogP contribution in [0.15, 0.2) is 58.6 Å². The molecule has 1 amide bonds. The summed E-state index contributed by atoms with van der Waals surface area (Å²) in [5, 5.41) is 8.56. The van der Waals surface area contributed by atoms with Crippen molar-refractivity contribution in [3.63, 3.8) is 0 Å². The first-order valence-electron chi connectivity index (χ1n) is 7.28. The number of benzene rings is 2. The van der Waals surface area contributed by atoms with Crippen molar-refractivity contribution in [1.29, 1.82) is 0 Å². The molecule has 1 heterocycles. The van der Waals surface area contributed by atoms with Crippen molar-refractivity contribution < 1.29 is 4.79 Å². The smallest absolute Gasteiger partial charge is 0.221 e. The highest BCUT2D eigenvalue weighted by Gasteiger charge is 2.13. The first-order valence-corrected chi connectivity index (χ1v) is 8.64. The highest BCUT2D eigenvalue weighted by molar-refractivity contribution is 8.14. The van der Waals surface area contributed by atoms with Gasteiger partial charge in [-0.15, -0.1) is 0 Å². The summed E-state index contributed by atoms with van der Waals surface area (Å²) in [5.41, 5.74) is 6.52. The fraction of sp³-hybridized carbons (Fsp3) is 0.118. The Morgan fingerprint density at radius 1 is 1.21 bits per heavy atom. The van der Waals surface area contributed by atoms with Gasteiger partial charge in [-0.2, -0.15) is 5.10 Å². The minimum absolute atomic E-state index is 0.0852. The van der Waals surface area contributed by atoms with E-state index in [1.165, 1.54) is 6.92 Å². The molecule has 0 saturated heterocycles. The lowest BCUT2D eigenvalue weighted by atomic mass is 10.1. The van der Waals surface area contributed by atoms with Crippen LogP contribution < -0.4 is 10.7 Å². The van der Waals surface area contributed by atoms with E-state index < -0.39 is 0 Å². The van der Waals surface area contributed by atoms with E-state index in [1.54, 1.807) is 23.9 Å². The van der Waals surface area contributed by atoms with Crippen LogP contribution in [0.3, 0.4) is 0 Å². The quantitative estimate of drug-likeness (QED) is 0.870. The molecule has 2 N–H and O–H groups in total. The molecule has 1 aliphatic rings. The number of anilines is 1. The van der Waals surface area contributed by atoms with Crippen LogP contribution in [0.4, 0.5) is 11.4 Å². The number of hydrogen-bond donors (Lipinski definition) is 2. The van der Waals surface area contributed by atoms with Crippen molar-refractivity contribution in [2.75, 3.05) is 11.1 Å². The molecule has 2 aromatic carbocycles. The first kappa shape index (κ1) is 16.5. The molecule has 0 bridgehead atoms. The van der Waals surface area contributed by atoms with Gasteiger partial charge in [0.2, 0.25) is 5.91 Å². The lowest BCUT2D eigenvalue weighted by molar-refractivity contribution is -0.114. The second-order valence-electron chi connectivity index (χ2n) is 5.11. The molecule has 0 fully saturated rings. The van der Waals surface area contributed by atoms with Gasteiger partial charge in [-0.25, -0.2) is 4.99 Å². The standard InChI is InChI=1S/C17H15ClN4OS/c1-11(23)19-14-6-2-12(3-7-14)16-10-24-17(22-21-16)20-15-8-4-13(18)5-9-15/h2-9H,10H2,1H3,(H,19,23)(H,20,22). The molecule has 0 saturated carbocycles. The summed E-state index contributed by atoms with van der Waals surface area (Å²) < 4.78 is 0. The van der Waals surface area contributed by atoms with Gasteiger partial charge in [-0.1, -0.05) is 35.5 Å². The third-order valence-electron chi connectivity index (χ3n) is 3.23. The van der Waals surface area contributed by atoms with E-state index in [2.05, 4.69) is 20.8 Å². The average molecular weight is 359 g/mol. The fourth-order valence-corrected chi connectivity index (χ4v) is 3.01. The Balaban J connectivity index is 1.68. The van der Waals surface area contributed by atoms with Crippen LogP contribution in [0.25, 0.3) is 0 Å². The molecule has 0 radical (unpaired) electrons. The molecule has 0 atom stereocenters. The van der Waals surface area contributed by atoms with E-state index in [-0.39, 0.29) is 5.91 Å². The zero-order valence-electron chi connectivity index (χ0n) is 12.9. The van der Waals surface area contributed by atoms with Crippen molar-refractivity contribution >= 4 is 51.5 Å². The predicted molar refractivity (Wildman–Crippen MR) is 101 cm³/mol. The van der Waals surface area contributed by atoms with Crippen LogP contribution in [-0.2, 0) is 4.79 Å². The highest BCUT2D eigenvalue weighted by Crippen LogP contribution is 2.21. The lowest BCUT2D eigenvalue weighted by Gasteiger charge is -2.15. The lowest BCUT2D eigenvalue weighted by Crippen LogP contribution is -2.25. The van der Waals surface area contributed by atoms with Crippen molar-refractivity contribution in [2.24, 2.45) is 10.1 Å². The predicted octanol–water partition coefficient (Wildman–Crippen LogP) is 4.03. The Morgan fingerprint density at radius 3 is 2.50 bits per heavy atom. The minimum Gasteiger partial charge on any atom is -0.326 e. The van der Waals surface area contributed by atoms with Crippen molar-refractivity contribution in [2.45, 2.75) is 6.92 Å². The maximum absolute atomic E-state index is 11.0. The summed E-state index contributed by atoms with van der Waals surface area (Å²) in [4.78, 5) is 15.5. The number of carbonyl (C=O) groups excluding carboxylic acids is 1. The average Bonchev–Trinajstić information content (AvgIpc) is 2.58. The van der Waals surface area contributed by atoms with Gasteiger partial charge >= 0.3 is 0 Å². The van der Waals surface area contributed by atoms with Gasteiger partial charge in [-0.3, -0.25) is 10.2 Å². The summed E-state index contributed by atoms with van der Waals surface area (Å²) in [5.74, 6) is 0.636. The van der Waals surface area contributed by atoms with Gasteiger partial charge in [0.15, 0.2) is 5.17 Å². The summed E-state index contributed by atoms with van der Waals surface area (Å²) in [6.07, 6.45) is 0. The van der Waals surface area contributed by atoms with Crippen LogP contribution in [0.5, 0.6) is 0 Å². The number of halogens is 1. The molecule has 0 aliphatic carbocycles. The van der Waals surface area contributed by atoms with Crippen LogP contribution in [-0.4, -0.2) is 22.5 Å². The minimum atomic E-state index is -0.0852. The Bertz CT molecular complexity index is 800. The number of nitrogens with zero attached hydrogens (tertiary/aromatic N) is 2. The Hall–Kier alpha value is -2.31. The maximum Gasteiger partial charge on any atom is 0.221 e. The van der Waals surface area contributed by atoms with E-state index in [1.807, 2.05) is 36.4 Å². The molecule has 2 aromatic rings. The molecule has 0 aromatic heterocycles. The van der Waals surface area contributed by atoms with Crippen LogP contribution in [0.2, 0.25) is 5.02 Å². The van der Waals surface area contributed by atoms with E-state index in [9.17, 15) is 4.79 Å². The topological polar surface area (TPSA) is 65.8 Å². The van der Waals surface area contributed by atoms with Gasteiger partial charge in [0.05, 0.1) is 11.4 Å². The van der Waals surface area contributed by atoms with E-state index in [4.69, 9.17) is 11.6 Å². The van der Waals surface area contributed by atoms with Crippen LogP contribution >= 0.6 is 23.4 Å². The molecular formula is C17H15ClN4OS. The van der Waals surface area contributed by atoms with Gasteiger partial charge in [0.25, 0.3) is 0 Å². The second kappa shape index (κ2) is 7.51. The SMILES string of the molecule is CC(=O)Nc1ccc(C2=NNC(=Nc3ccc(Cl)cc3)SC2)cc1. The molecular weight excluding hydrogens is 344 g/mol. The molecule has 24 heavy (non-hydrogen) atoms. The zero-order chi connectivity index (χ0) is 16.9. The van der Waals surface area contributed by atoms with Gasteiger partial charge < -0.3 is 5.32 Å². The third kappa shape index (κ3) is 4.37. The highest BCUT2D eigenvalue weighted by atomic mass is 35.5. The number of aliphatic imine (C=N–C) groups is 1. The fourth-order valence-electron chi connectivity index (χ4n) is 2.10. The molecule has 3 rings (SSSR count). The molecule has 7 heteroatoms. The van der Waals surface area contributed by atoms with Crippen LogP contribution in [0, 0.1) is 0 Å². The summed E-state index contributed by atoms with van der Waals surface area (Å²) in [6, 6.07) is 14.9. The number of carbonyl (C=O) groups is 1. The van der Waals surface area contributed by atoms with E-state index in [0.717, 1.165) is 33.6 Å². The Kier molecular flexibility index (Phi) is 5.17. The van der Waals surface area contributed by atoms with Gasteiger partial charge in [-0.05, 0) is 42.0 Å². The van der Waals surface area contributed by atoms with Gasteiger partial charge in [0.1, 0.15) is 0 Å². The Morgan fingerprint density at radius 2 is 1.92 bits per heavy atom. The summed E-state index contributed by atoms with van der Waals surface area (Å²) in [7, 11) is 0. The molecule has 1 aliphatic heterocycles. The first-order chi connectivity index (χ1) is 11.6. The summed E-state index contributed by atoms with van der Waals surface area (Å²) in [6.45, 7) is 1.49. The molecule has 122 valence electrons. The number of hydrazone groups is 1. The second-order valence-corrected chi connectivity index (χ2v) is 6.51. The monoisotopic (exact) mass is 358 g/mol. The molecule has 0 spiro atoms. The number of rotatable bonds is 3. The normalized spacial score (nSPS) is 15.6. The van der Waals surface area contributed by atoms with E-state index in [0.29, 0.717) is 5.02 Å². The van der Waals surface area contributed by atoms with Crippen molar-refractivity contribution in [3.05, 3.63) is 59.1 Å².